The maximum absolute atomic E-state index is 15.0. The highest BCUT2D eigenvalue weighted by atomic mass is 19.1. The fourth-order valence-corrected chi connectivity index (χ4v) is 4.76. The van der Waals surface area contributed by atoms with E-state index >= 15 is 4.39 Å². The summed E-state index contributed by atoms with van der Waals surface area (Å²) in [7, 11) is 3.90. The molecular weight excluding hydrogens is 537 g/mol. The Morgan fingerprint density at radius 1 is 1.00 bits per heavy atom. The number of nitrogens with zero attached hydrogens (tertiary/aromatic N) is 2. The predicted octanol–water partition coefficient (Wildman–Crippen LogP) is 5.27. The van der Waals surface area contributed by atoms with Crippen molar-refractivity contribution in [2.75, 3.05) is 37.8 Å². The first kappa shape index (κ1) is 30.5. The maximum Gasteiger partial charge on any atom is 0.321 e. The van der Waals surface area contributed by atoms with E-state index in [0.717, 1.165) is 38.4 Å². The number of halogens is 1. The standard InChI is InChI=1S/C32H38FN5O4/c1-22-9-7-8-12-26(20-28(22)36-32(41)38(3)25-15-17-37(2)18-16-25)42-29-14-13-24(19-27(29)33)35-31(40)21-30(39)34-23-10-5-4-6-11-23/h4-8,10-14,19-20,22,25H,9,15-18,21H2,1-3H3,(H,34,39)(H,35,40)(H,36,41). The van der Waals surface area contributed by atoms with Crippen molar-refractivity contribution in [2.45, 2.75) is 38.6 Å². The van der Waals surface area contributed by atoms with Crippen LogP contribution < -0.4 is 20.7 Å². The molecule has 42 heavy (non-hydrogen) atoms. The summed E-state index contributed by atoms with van der Waals surface area (Å²) in [6, 6.07) is 12.8. The number of likely N-dealkylation sites (tertiary alicyclic amines) is 1. The van der Waals surface area contributed by atoms with Crippen LogP contribution in [0.2, 0.25) is 0 Å². The molecule has 2 aliphatic rings. The smallest absolute Gasteiger partial charge is 0.321 e. The summed E-state index contributed by atoms with van der Waals surface area (Å²) >= 11 is 0. The topological polar surface area (TPSA) is 103 Å². The number of amides is 4. The van der Waals surface area contributed by atoms with Gasteiger partial charge in [-0.2, -0.15) is 0 Å². The number of piperidine rings is 1. The fraction of sp³-hybridized carbons (Fsp3) is 0.344. The Hall–Kier alpha value is -4.44. The Morgan fingerprint density at radius 2 is 1.69 bits per heavy atom. The third kappa shape index (κ3) is 8.78. The van der Waals surface area contributed by atoms with Crippen LogP contribution in [-0.4, -0.2) is 60.9 Å². The minimum atomic E-state index is -0.692. The number of ether oxygens (including phenoxy) is 1. The molecule has 0 radical (unpaired) electrons. The lowest BCUT2D eigenvalue weighted by molar-refractivity contribution is -0.123. The third-order valence-electron chi connectivity index (χ3n) is 7.34. The number of rotatable bonds is 8. The number of nitrogens with one attached hydrogen (secondary N) is 3. The average Bonchev–Trinajstić information content (AvgIpc) is 2.95. The van der Waals surface area contributed by atoms with Crippen molar-refractivity contribution in [3.63, 3.8) is 0 Å². The first-order chi connectivity index (χ1) is 20.2. The van der Waals surface area contributed by atoms with Crippen molar-refractivity contribution in [3.05, 3.63) is 90.1 Å². The van der Waals surface area contributed by atoms with Crippen LogP contribution in [0.15, 0.2) is 84.3 Å². The van der Waals surface area contributed by atoms with Crippen LogP contribution in [0.4, 0.5) is 20.6 Å². The van der Waals surface area contributed by atoms with Gasteiger partial charge in [-0.3, -0.25) is 9.59 Å². The van der Waals surface area contributed by atoms with Crippen molar-refractivity contribution >= 4 is 29.2 Å². The Bertz CT molecular complexity index is 1370. The minimum absolute atomic E-state index is 0.00455. The van der Waals surface area contributed by atoms with E-state index in [-0.39, 0.29) is 29.4 Å². The molecule has 1 fully saturated rings. The third-order valence-corrected chi connectivity index (χ3v) is 7.34. The number of allylic oxidation sites excluding steroid dienone is 5. The van der Waals surface area contributed by atoms with Crippen LogP contribution >= 0.6 is 0 Å². The summed E-state index contributed by atoms with van der Waals surface area (Å²) in [4.78, 5) is 41.6. The van der Waals surface area contributed by atoms with Gasteiger partial charge in [0.15, 0.2) is 11.6 Å². The van der Waals surface area contributed by atoms with Gasteiger partial charge in [-0.15, -0.1) is 0 Å². The number of para-hydroxylation sites is 1. The number of anilines is 2. The van der Waals surface area contributed by atoms with Crippen molar-refractivity contribution in [1.82, 2.24) is 15.1 Å². The lowest BCUT2D eigenvalue weighted by Crippen LogP contribution is -2.48. The van der Waals surface area contributed by atoms with Crippen LogP contribution in [0.1, 0.15) is 32.6 Å². The van der Waals surface area contributed by atoms with Crippen LogP contribution in [0, 0.1) is 11.7 Å². The predicted molar refractivity (Wildman–Crippen MR) is 161 cm³/mol. The second kappa shape index (κ2) is 14.5. The first-order valence-electron chi connectivity index (χ1n) is 14.1. The molecule has 0 aromatic heterocycles. The summed E-state index contributed by atoms with van der Waals surface area (Å²) in [5.74, 6) is -1.44. The SMILES string of the molecule is CC1CC=CC=C(Oc2ccc(NC(=O)CC(=O)Nc3ccccc3)cc2F)C=C1NC(=O)N(C)C1CCN(C)CC1. The lowest BCUT2D eigenvalue weighted by atomic mass is 10.0. The Kier molecular flexibility index (Phi) is 10.5. The lowest BCUT2D eigenvalue weighted by Gasteiger charge is -2.35. The second-order valence-corrected chi connectivity index (χ2v) is 10.7. The van der Waals surface area contributed by atoms with E-state index in [1.54, 1.807) is 41.3 Å². The highest BCUT2D eigenvalue weighted by Crippen LogP contribution is 2.26. The molecule has 0 saturated carbocycles. The van der Waals surface area contributed by atoms with Crippen LogP contribution in [0.5, 0.6) is 5.75 Å². The molecule has 1 aliphatic carbocycles. The van der Waals surface area contributed by atoms with Gasteiger partial charge in [0.2, 0.25) is 11.8 Å². The summed E-state index contributed by atoms with van der Waals surface area (Å²) in [6.45, 7) is 3.90. The first-order valence-corrected chi connectivity index (χ1v) is 14.1. The Balaban J connectivity index is 1.37. The molecule has 9 nitrogen and oxygen atoms in total. The molecular formula is C32H38FN5O4. The maximum atomic E-state index is 15.0. The quantitative estimate of drug-likeness (QED) is 0.372. The highest BCUT2D eigenvalue weighted by Gasteiger charge is 2.25. The zero-order valence-corrected chi connectivity index (χ0v) is 24.2. The van der Waals surface area contributed by atoms with Crippen molar-refractivity contribution in [2.24, 2.45) is 5.92 Å². The van der Waals surface area contributed by atoms with Gasteiger partial charge in [-0.1, -0.05) is 37.3 Å². The molecule has 1 atom stereocenters. The minimum Gasteiger partial charge on any atom is -0.454 e. The molecule has 0 spiro atoms. The zero-order valence-electron chi connectivity index (χ0n) is 24.2. The molecule has 4 rings (SSSR count). The normalized spacial score (nSPS) is 17.7. The molecule has 2 aromatic rings. The molecule has 10 heteroatoms. The van der Waals surface area contributed by atoms with Crippen molar-refractivity contribution < 1.29 is 23.5 Å². The van der Waals surface area contributed by atoms with Gasteiger partial charge in [0.25, 0.3) is 0 Å². The van der Waals surface area contributed by atoms with Gasteiger partial charge >= 0.3 is 6.03 Å². The number of carbonyl (C=O) groups excluding carboxylic acids is 3. The molecule has 4 amide bonds. The number of hydrogen-bond donors (Lipinski definition) is 3. The van der Waals surface area contributed by atoms with E-state index in [4.69, 9.17) is 4.74 Å². The van der Waals surface area contributed by atoms with Gasteiger partial charge in [-0.05, 0) is 75.7 Å². The summed E-state index contributed by atoms with van der Waals surface area (Å²) in [5.41, 5.74) is 1.45. The molecule has 1 unspecified atom stereocenters. The van der Waals surface area contributed by atoms with Gasteiger partial charge in [0.05, 0.1) is 0 Å². The highest BCUT2D eigenvalue weighted by molar-refractivity contribution is 6.08. The van der Waals surface area contributed by atoms with Gasteiger partial charge in [0, 0.05) is 42.3 Å². The van der Waals surface area contributed by atoms with Crippen LogP contribution in [-0.2, 0) is 9.59 Å². The van der Waals surface area contributed by atoms with Gasteiger partial charge in [0.1, 0.15) is 12.2 Å². The van der Waals surface area contributed by atoms with Gasteiger partial charge < -0.3 is 30.5 Å². The van der Waals surface area contributed by atoms with Crippen molar-refractivity contribution in [1.29, 1.82) is 0 Å². The van der Waals surface area contributed by atoms with E-state index in [0.29, 0.717) is 17.1 Å². The van der Waals surface area contributed by atoms with E-state index in [9.17, 15) is 14.4 Å². The van der Waals surface area contributed by atoms with E-state index in [1.165, 1.54) is 12.1 Å². The molecule has 3 N–H and O–H groups in total. The fourth-order valence-electron chi connectivity index (χ4n) is 4.76. The molecule has 1 heterocycles. The second-order valence-electron chi connectivity index (χ2n) is 10.7. The summed E-state index contributed by atoms with van der Waals surface area (Å²) in [5, 5.41) is 8.21. The molecule has 1 saturated heterocycles. The monoisotopic (exact) mass is 575 g/mol. The molecule has 2 aromatic carbocycles. The largest absolute Gasteiger partial charge is 0.454 e. The van der Waals surface area contributed by atoms with Crippen molar-refractivity contribution in [3.8, 4) is 5.75 Å². The Morgan fingerprint density at radius 3 is 2.38 bits per heavy atom. The Labute approximate surface area is 246 Å². The van der Waals surface area contributed by atoms with Crippen LogP contribution in [0.25, 0.3) is 0 Å². The van der Waals surface area contributed by atoms with Crippen LogP contribution in [0.3, 0.4) is 0 Å². The number of urea groups is 1. The van der Waals surface area contributed by atoms with E-state index in [1.807, 2.05) is 32.2 Å². The average molecular weight is 576 g/mol. The summed E-state index contributed by atoms with van der Waals surface area (Å²) in [6.07, 6.45) is 9.37. The number of hydrogen-bond acceptors (Lipinski definition) is 5. The molecule has 1 aliphatic heterocycles. The zero-order chi connectivity index (χ0) is 30.1. The van der Waals surface area contributed by atoms with E-state index < -0.39 is 24.1 Å². The molecule has 222 valence electrons. The number of carbonyl (C=O) groups is 3. The van der Waals surface area contributed by atoms with Gasteiger partial charge in [-0.25, -0.2) is 9.18 Å². The number of benzene rings is 2. The van der Waals surface area contributed by atoms with E-state index in [2.05, 4.69) is 27.9 Å². The molecule has 0 bridgehead atoms. The summed E-state index contributed by atoms with van der Waals surface area (Å²) < 4.78 is 20.9.